The summed E-state index contributed by atoms with van der Waals surface area (Å²) in [6.45, 7) is 6.24. The lowest BCUT2D eigenvalue weighted by molar-refractivity contribution is -0.116. The highest BCUT2D eigenvalue weighted by molar-refractivity contribution is 7.94. The molecule has 1 fully saturated rings. The normalized spacial score (nSPS) is 17.4. The van der Waals surface area contributed by atoms with Crippen LogP contribution in [0.1, 0.15) is 38.7 Å². The molecule has 0 radical (unpaired) electrons. The molecule has 0 N–H and O–H groups in total. The molecule has 0 aliphatic carbocycles. The smallest absolute Gasteiger partial charge is 0.243 e. The number of carbonyl (C=O) groups excluding carboxylic acids is 1. The third-order valence-corrected chi connectivity index (χ3v) is 7.78. The molecule has 1 saturated heterocycles. The van der Waals surface area contributed by atoms with Gasteiger partial charge < -0.3 is 0 Å². The molecular formula is C16H24N2O5S2. The van der Waals surface area contributed by atoms with Crippen LogP contribution >= 0.6 is 0 Å². The standard InChI is InChI=1S/C16H24N2O5S2/c1-4-9-17(10-5-2)25(22,23)15-12-14(7-6-13(15)3)18-16(19)8-11-24(18,20)21/h6-7,12H,4-5,8-11H2,1-3H3. The number of rotatable bonds is 7. The Kier molecular flexibility index (Phi) is 5.90. The summed E-state index contributed by atoms with van der Waals surface area (Å²) in [4.78, 5) is 12.0. The number of sulfonamides is 2. The maximum atomic E-state index is 13.0. The van der Waals surface area contributed by atoms with E-state index in [1.54, 1.807) is 13.0 Å². The van der Waals surface area contributed by atoms with E-state index in [-0.39, 0.29) is 22.8 Å². The molecular weight excluding hydrogens is 364 g/mol. The van der Waals surface area contributed by atoms with Gasteiger partial charge in [0.05, 0.1) is 16.3 Å². The predicted octanol–water partition coefficient (Wildman–Crippen LogP) is 1.87. The highest BCUT2D eigenvalue weighted by Gasteiger charge is 2.37. The van der Waals surface area contributed by atoms with Crippen molar-refractivity contribution in [1.82, 2.24) is 4.31 Å². The van der Waals surface area contributed by atoms with Crippen LogP contribution in [0.15, 0.2) is 23.1 Å². The van der Waals surface area contributed by atoms with Crippen molar-refractivity contribution in [2.45, 2.75) is 44.9 Å². The van der Waals surface area contributed by atoms with Gasteiger partial charge in [0, 0.05) is 19.5 Å². The van der Waals surface area contributed by atoms with Crippen molar-refractivity contribution in [3.8, 4) is 0 Å². The van der Waals surface area contributed by atoms with Gasteiger partial charge in [0.25, 0.3) is 0 Å². The van der Waals surface area contributed by atoms with Crippen LogP contribution in [0.2, 0.25) is 0 Å². The number of aryl methyl sites for hydroxylation is 1. The second kappa shape index (κ2) is 7.43. The zero-order valence-corrected chi connectivity index (χ0v) is 16.4. The van der Waals surface area contributed by atoms with Crippen LogP contribution in [0, 0.1) is 6.92 Å². The molecule has 1 aliphatic rings. The van der Waals surface area contributed by atoms with Gasteiger partial charge >= 0.3 is 0 Å². The fourth-order valence-corrected chi connectivity index (χ4v) is 6.17. The third kappa shape index (κ3) is 3.88. The summed E-state index contributed by atoms with van der Waals surface area (Å²) in [5.74, 6) is -0.786. The van der Waals surface area contributed by atoms with Crippen molar-refractivity contribution in [2.24, 2.45) is 0 Å². The third-order valence-electron chi connectivity index (χ3n) is 4.05. The zero-order chi connectivity index (χ0) is 18.8. The maximum absolute atomic E-state index is 13.0. The summed E-state index contributed by atoms with van der Waals surface area (Å²) in [7, 11) is -7.49. The first-order valence-electron chi connectivity index (χ1n) is 8.31. The summed E-state index contributed by atoms with van der Waals surface area (Å²) < 4.78 is 52.4. The molecule has 1 amide bonds. The lowest BCUT2D eigenvalue weighted by Crippen LogP contribution is -2.33. The number of benzene rings is 1. The Morgan fingerprint density at radius 3 is 2.24 bits per heavy atom. The summed E-state index contributed by atoms with van der Waals surface area (Å²) in [6, 6.07) is 4.31. The molecule has 9 heteroatoms. The zero-order valence-electron chi connectivity index (χ0n) is 14.7. The van der Waals surface area contributed by atoms with Crippen LogP contribution in [-0.4, -0.2) is 45.9 Å². The molecule has 25 heavy (non-hydrogen) atoms. The van der Waals surface area contributed by atoms with Crippen LogP contribution in [0.3, 0.4) is 0 Å². The van der Waals surface area contributed by atoms with Crippen LogP contribution < -0.4 is 4.31 Å². The van der Waals surface area contributed by atoms with Gasteiger partial charge in [-0.3, -0.25) is 4.79 Å². The van der Waals surface area contributed by atoms with E-state index in [1.807, 2.05) is 13.8 Å². The summed E-state index contributed by atoms with van der Waals surface area (Å²) >= 11 is 0. The average molecular weight is 389 g/mol. The lowest BCUT2D eigenvalue weighted by atomic mass is 10.2. The Bertz CT molecular complexity index is 857. The molecule has 0 spiro atoms. The quantitative estimate of drug-likeness (QED) is 0.711. The molecule has 0 aromatic heterocycles. The number of carbonyl (C=O) groups is 1. The number of anilines is 1. The predicted molar refractivity (Wildman–Crippen MR) is 96.4 cm³/mol. The first kappa shape index (κ1) is 19.9. The molecule has 140 valence electrons. The fourth-order valence-electron chi connectivity index (χ4n) is 2.85. The van der Waals surface area contributed by atoms with Gasteiger partial charge in [-0.1, -0.05) is 19.9 Å². The van der Waals surface area contributed by atoms with Crippen LogP contribution in [0.5, 0.6) is 0 Å². The lowest BCUT2D eigenvalue weighted by Gasteiger charge is -2.23. The highest BCUT2D eigenvalue weighted by Crippen LogP contribution is 2.30. The first-order chi connectivity index (χ1) is 11.6. The van der Waals surface area contributed by atoms with E-state index >= 15 is 0 Å². The van der Waals surface area contributed by atoms with E-state index in [2.05, 4.69) is 0 Å². The minimum Gasteiger partial charge on any atom is -0.273 e. The van der Waals surface area contributed by atoms with Gasteiger partial charge in [0.1, 0.15) is 0 Å². The van der Waals surface area contributed by atoms with E-state index in [1.165, 1.54) is 16.4 Å². The second-order valence-corrected chi connectivity index (χ2v) is 9.92. The van der Waals surface area contributed by atoms with E-state index < -0.39 is 26.0 Å². The molecule has 0 unspecified atom stereocenters. The number of hydrogen-bond donors (Lipinski definition) is 0. The van der Waals surface area contributed by atoms with Crippen LogP contribution in [-0.2, 0) is 24.8 Å². The molecule has 0 atom stereocenters. The highest BCUT2D eigenvalue weighted by atomic mass is 32.2. The Balaban J connectivity index is 2.54. The SMILES string of the molecule is CCCN(CCC)S(=O)(=O)c1cc(N2C(=O)CCS2(=O)=O)ccc1C. The Morgan fingerprint density at radius 2 is 1.76 bits per heavy atom. The van der Waals surface area contributed by atoms with Crippen molar-refractivity contribution in [2.75, 3.05) is 23.1 Å². The van der Waals surface area contributed by atoms with Gasteiger partial charge in [0.2, 0.25) is 26.0 Å². The minimum atomic E-state index is -3.76. The minimum absolute atomic E-state index is 0.0433. The van der Waals surface area contributed by atoms with Crippen molar-refractivity contribution in [1.29, 1.82) is 0 Å². The largest absolute Gasteiger partial charge is 0.273 e. The molecule has 1 aromatic carbocycles. The number of amides is 1. The second-order valence-electron chi connectivity index (χ2n) is 6.08. The Labute approximate surface area is 149 Å². The molecule has 1 heterocycles. The molecule has 2 rings (SSSR count). The van der Waals surface area contributed by atoms with Crippen molar-refractivity contribution < 1.29 is 21.6 Å². The van der Waals surface area contributed by atoms with Gasteiger partial charge in [-0.25, -0.2) is 21.1 Å². The Morgan fingerprint density at radius 1 is 1.16 bits per heavy atom. The number of hydrogen-bond acceptors (Lipinski definition) is 5. The van der Waals surface area contributed by atoms with Gasteiger partial charge in [-0.2, -0.15) is 4.31 Å². The molecule has 0 bridgehead atoms. The fraction of sp³-hybridized carbons (Fsp3) is 0.562. The molecule has 1 aliphatic heterocycles. The van der Waals surface area contributed by atoms with Crippen molar-refractivity contribution in [3.63, 3.8) is 0 Å². The van der Waals surface area contributed by atoms with Crippen molar-refractivity contribution in [3.05, 3.63) is 23.8 Å². The Hall–Kier alpha value is -1.45. The van der Waals surface area contributed by atoms with E-state index in [4.69, 9.17) is 0 Å². The summed E-state index contributed by atoms with van der Waals surface area (Å²) in [5, 5.41) is 0. The summed E-state index contributed by atoms with van der Waals surface area (Å²) in [6.07, 6.45) is 1.27. The molecule has 7 nitrogen and oxygen atoms in total. The topological polar surface area (TPSA) is 91.8 Å². The van der Waals surface area contributed by atoms with Gasteiger partial charge in [0.15, 0.2) is 0 Å². The monoisotopic (exact) mass is 388 g/mol. The van der Waals surface area contributed by atoms with Gasteiger partial charge in [-0.15, -0.1) is 0 Å². The van der Waals surface area contributed by atoms with Crippen LogP contribution in [0.4, 0.5) is 5.69 Å². The van der Waals surface area contributed by atoms with Gasteiger partial charge in [-0.05, 0) is 37.5 Å². The van der Waals surface area contributed by atoms with Crippen LogP contribution in [0.25, 0.3) is 0 Å². The van der Waals surface area contributed by atoms with E-state index in [0.29, 0.717) is 31.5 Å². The molecule has 1 aromatic rings. The van der Waals surface area contributed by atoms with Crippen molar-refractivity contribution >= 4 is 31.6 Å². The maximum Gasteiger partial charge on any atom is 0.243 e. The first-order valence-corrected chi connectivity index (χ1v) is 11.4. The number of nitrogens with zero attached hydrogens (tertiary/aromatic N) is 2. The van der Waals surface area contributed by atoms with E-state index in [9.17, 15) is 21.6 Å². The summed E-state index contributed by atoms with van der Waals surface area (Å²) in [5.41, 5.74) is 0.602. The van der Waals surface area contributed by atoms with E-state index in [0.717, 1.165) is 4.31 Å². The molecule has 0 saturated carbocycles. The average Bonchev–Trinajstić information content (AvgIpc) is 2.81.